The van der Waals surface area contributed by atoms with Crippen LogP contribution in [0.1, 0.15) is 11.3 Å². The van der Waals surface area contributed by atoms with Gasteiger partial charge in [0.05, 0.1) is 12.2 Å². The van der Waals surface area contributed by atoms with Crippen LogP contribution in [-0.2, 0) is 6.54 Å². The highest BCUT2D eigenvalue weighted by molar-refractivity contribution is 5.46. The number of aromatic nitrogens is 1. The first-order chi connectivity index (χ1) is 8.58. The van der Waals surface area contributed by atoms with Gasteiger partial charge in [0.1, 0.15) is 11.5 Å². The van der Waals surface area contributed by atoms with Crippen molar-refractivity contribution in [2.75, 3.05) is 5.32 Å². The molecule has 1 aromatic carbocycles. The standard InChI is InChI=1S/C13H11F3N2/c1-8-3-2-4-17-12(8)7-18-13-10(15)5-9(14)6-11(13)16/h2-6,18H,7H2,1H3. The van der Waals surface area contributed by atoms with E-state index in [2.05, 4.69) is 10.3 Å². The van der Waals surface area contributed by atoms with Gasteiger partial charge in [-0.05, 0) is 18.6 Å². The fourth-order valence-electron chi connectivity index (χ4n) is 1.59. The molecule has 1 aromatic heterocycles. The molecule has 1 N–H and O–H groups in total. The zero-order chi connectivity index (χ0) is 13.1. The van der Waals surface area contributed by atoms with Gasteiger partial charge in [-0.1, -0.05) is 6.07 Å². The average Bonchev–Trinajstić information content (AvgIpc) is 2.30. The van der Waals surface area contributed by atoms with Crippen LogP contribution in [-0.4, -0.2) is 4.98 Å². The quantitative estimate of drug-likeness (QED) is 0.905. The van der Waals surface area contributed by atoms with Gasteiger partial charge < -0.3 is 5.32 Å². The molecule has 2 aromatic rings. The molecular weight excluding hydrogens is 241 g/mol. The lowest BCUT2D eigenvalue weighted by molar-refractivity contribution is 0.547. The number of rotatable bonds is 3. The topological polar surface area (TPSA) is 24.9 Å². The van der Waals surface area contributed by atoms with Crippen molar-refractivity contribution < 1.29 is 13.2 Å². The lowest BCUT2D eigenvalue weighted by Crippen LogP contribution is -2.07. The van der Waals surface area contributed by atoms with E-state index in [4.69, 9.17) is 0 Å². The molecule has 0 saturated carbocycles. The molecule has 0 bridgehead atoms. The van der Waals surface area contributed by atoms with Crippen molar-refractivity contribution in [2.45, 2.75) is 13.5 Å². The van der Waals surface area contributed by atoms with Crippen molar-refractivity contribution in [3.63, 3.8) is 0 Å². The highest BCUT2D eigenvalue weighted by Crippen LogP contribution is 2.20. The van der Waals surface area contributed by atoms with Crippen molar-refractivity contribution >= 4 is 5.69 Å². The van der Waals surface area contributed by atoms with Crippen LogP contribution < -0.4 is 5.32 Å². The summed E-state index contributed by atoms with van der Waals surface area (Å²) in [6.45, 7) is 2.02. The summed E-state index contributed by atoms with van der Waals surface area (Å²) in [6.07, 6.45) is 1.60. The van der Waals surface area contributed by atoms with Crippen LogP contribution in [0.4, 0.5) is 18.9 Å². The van der Waals surface area contributed by atoms with Crippen molar-refractivity contribution in [3.8, 4) is 0 Å². The van der Waals surface area contributed by atoms with Crippen molar-refractivity contribution in [2.24, 2.45) is 0 Å². The molecule has 0 aliphatic carbocycles. The van der Waals surface area contributed by atoms with Crippen LogP contribution >= 0.6 is 0 Å². The van der Waals surface area contributed by atoms with Crippen LogP contribution in [0.2, 0.25) is 0 Å². The molecule has 0 unspecified atom stereocenters. The summed E-state index contributed by atoms with van der Waals surface area (Å²) >= 11 is 0. The van der Waals surface area contributed by atoms with Gasteiger partial charge in [0.2, 0.25) is 0 Å². The minimum Gasteiger partial charge on any atom is -0.375 e. The fraction of sp³-hybridized carbons (Fsp3) is 0.154. The van der Waals surface area contributed by atoms with E-state index in [1.54, 1.807) is 12.3 Å². The van der Waals surface area contributed by atoms with Crippen LogP contribution in [0.3, 0.4) is 0 Å². The zero-order valence-electron chi connectivity index (χ0n) is 9.67. The van der Waals surface area contributed by atoms with Crippen molar-refractivity contribution in [3.05, 3.63) is 59.2 Å². The summed E-state index contributed by atoms with van der Waals surface area (Å²) in [6, 6.07) is 4.90. The molecule has 0 atom stereocenters. The number of nitrogens with zero attached hydrogens (tertiary/aromatic N) is 1. The third-order valence-electron chi connectivity index (χ3n) is 2.56. The van der Waals surface area contributed by atoms with Gasteiger partial charge in [0.25, 0.3) is 0 Å². The molecule has 5 heteroatoms. The van der Waals surface area contributed by atoms with E-state index in [-0.39, 0.29) is 12.2 Å². The summed E-state index contributed by atoms with van der Waals surface area (Å²) in [5.41, 5.74) is 1.25. The van der Waals surface area contributed by atoms with E-state index in [1.165, 1.54) is 0 Å². The van der Waals surface area contributed by atoms with Gasteiger partial charge in [0, 0.05) is 18.3 Å². The lowest BCUT2D eigenvalue weighted by atomic mass is 10.2. The smallest absolute Gasteiger partial charge is 0.152 e. The highest BCUT2D eigenvalue weighted by Gasteiger charge is 2.11. The monoisotopic (exact) mass is 252 g/mol. The molecule has 2 nitrogen and oxygen atoms in total. The first-order valence-corrected chi connectivity index (χ1v) is 5.37. The Morgan fingerprint density at radius 2 is 1.83 bits per heavy atom. The number of anilines is 1. The second-order valence-corrected chi connectivity index (χ2v) is 3.86. The number of hydrogen-bond donors (Lipinski definition) is 1. The molecular formula is C13H11F3N2. The maximum atomic E-state index is 13.4. The van der Waals surface area contributed by atoms with Crippen LogP contribution in [0.25, 0.3) is 0 Å². The largest absolute Gasteiger partial charge is 0.375 e. The van der Waals surface area contributed by atoms with Crippen molar-refractivity contribution in [1.82, 2.24) is 4.98 Å². The van der Waals surface area contributed by atoms with Gasteiger partial charge in [-0.25, -0.2) is 13.2 Å². The number of nitrogens with one attached hydrogen (secondary N) is 1. The maximum Gasteiger partial charge on any atom is 0.152 e. The summed E-state index contributed by atoms with van der Waals surface area (Å²) in [4.78, 5) is 4.09. The maximum absolute atomic E-state index is 13.4. The number of benzene rings is 1. The van der Waals surface area contributed by atoms with E-state index >= 15 is 0 Å². The highest BCUT2D eigenvalue weighted by atomic mass is 19.1. The Balaban J connectivity index is 2.19. The van der Waals surface area contributed by atoms with Gasteiger partial charge in [-0.15, -0.1) is 0 Å². The first kappa shape index (κ1) is 12.4. The number of hydrogen-bond acceptors (Lipinski definition) is 2. The Bertz CT molecular complexity index is 547. The summed E-state index contributed by atoms with van der Waals surface area (Å²) in [5.74, 6) is -2.85. The second kappa shape index (κ2) is 5.08. The predicted molar refractivity (Wildman–Crippen MR) is 62.6 cm³/mol. The fourth-order valence-corrected chi connectivity index (χ4v) is 1.59. The third kappa shape index (κ3) is 2.61. The Labute approximate surface area is 102 Å². The summed E-state index contributed by atoms with van der Waals surface area (Å²) < 4.78 is 39.4. The number of halogens is 3. The number of pyridine rings is 1. The molecule has 0 aliphatic heterocycles. The molecule has 0 aliphatic rings. The van der Waals surface area contributed by atoms with E-state index < -0.39 is 17.5 Å². The van der Waals surface area contributed by atoms with Gasteiger partial charge in [-0.3, -0.25) is 4.98 Å². The first-order valence-electron chi connectivity index (χ1n) is 5.37. The Hall–Kier alpha value is -2.04. The molecule has 2 rings (SSSR count). The molecule has 0 amide bonds. The molecule has 0 fully saturated rings. The predicted octanol–water partition coefficient (Wildman–Crippen LogP) is 3.42. The molecule has 0 spiro atoms. The van der Waals surface area contributed by atoms with Gasteiger partial charge in [-0.2, -0.15) is 0 Å². The molecule has 0 saturated heterocycles. The normalized spacial score (nSPS) is 10.4. The summed E-state index contributed by atoms with van der Waals surface area (Å²) in [7, 11) is 0. The zero-order valence-corrected chi connectivity index (χ0v) is 9.67. The van der Waals surface area contributed by atoms with Crippen LogP contribution in [0, 0.1) is 24.4 Å². The average molecular weight is 252 g/mol. The molecule has 18 heavy (non-hydrogen) atoms. The Morgan fingerprint density at radius 1 is 1.17 bits per heavy atom. The van der Waals surface area contributed by atoms with Gasteiger partial charge in [0.15, 0.2) is 11.6 Å². The SMILES string of the molecule is Cc1cccnc1CNc1c(F)cc(F)cc1F. The van der Waals surface area contributed by atoms with E-state index in [0.717, 1.165) is 5.56 Å². The summed E-state index contributed by atoms with van der Waals surface area (Å²) in [5, 5.41) is 2.59. The van der Waals surface area contributed by atoms with E-state index in [0.29, 0.717) is 17.8 Å². The molecule has 94 valence electrons. The molecule has 1 heterocycles. The lowest BCUT2D eigenvalue weighted by Gasteiger charge is -2.09. The Kier molecular flexibility index (Phi) is 3.50. The third-order valence-corrected chi connectivity index (χ3v) is 2.56. The van der Waals surface area contributed by atoms with Crippen molar-refractivity contribution in [1.29, 1.82) is 0 Å². The minimum atomic E-state index is -0.957. The Morgan fingerprint density at radius 3 is 2.44 bits per heavy atom. The minimum absolute atomic E-state index is 0.173. The van der Waals surface area contributed by atoms with Gasteiger partial charge >= 0.3 is 0 Å². The number of aryl methyl sites for hydroxylation is 1. The van der Waals surface area contributed by atoms with Crippen LogP contribution in [0.15, 0.2) is 30.5 Å². The van der Waals surface area contributed by atoms with Crippen LogP contribution in [0.5, 0.6) is 0 Å². The second-order valence-electron chi connectivity index (χ2n) is 3.86. The van der Waals surface area contributed by atoms with E-state index in [9.17, 15) is 13.2 Å². The molecule has 0 radical (unpaired) electrons. The van der Waals surface area contributed by atoms with E-state index in [1.807, 2.05) is 13.0 Å².